The molecule has 0 amide bonds. The summed E-state index contributed by atoms with van der Waals surface area (Å²) in [6.45, 7) is 1.67. The highest BCUT2D eigenvalue weighted by atomic mass is 32.1. The van der Waals surface area contributed by atoms with E-state index in [0.717, 1.165) is 36.9 Å². The summed E-state index contributed by atoms with van der Waals surface area (Å²) in [6, 6.07) is 10.5. The third kappa shape index (κ3) is 3.41. The maximum atomic E-state index is 5.41. The van der Waals surface area contributed by atoms with Crippen LogP contribution in [0.5, 0.6) is 0 Å². The van der Waals surface area contributed by atoms with Gasteiger partial charge in [-0.15, -0.1) is 0 Å². The predicted octanol–water partition coefficient (Wildman–Crippen LogP) is 2.49. The zero-order valence-electron chi connectivity index (χ0n) is 10.1. The lowest BCUT2D eigenvalue weighted by atomic mass is 10.1. The van der Waals surface area contributed by atoms with Gasteiger partial charge in [-0.1, -0.05) is 18.2 Å². The zero-order chi connectivity index (χ0) is 12.1. The molecule has 0 unspecified atom stereocenters. The van der Waals surface area contributed by atoms with Gasteiger partial charge in [-0.05, 0) is 37.2 Å². The summed E-state index contributed by atoms with van der Waals surface area (Å²) in [4.78, 5) is 2.14. The zero-order valence-corrected chi connectivity index (χ0v) is 10.9. The predicted molar refractivity (Wildman–Crippen MR) is 74.3 cm³/mol. The Morgan fingerprint density at radius 3 is 2.59 bits per heavy atom. The van der Waals surface area contributed by atoms with Gasteiger partial charge < -0.3 is 15.0 Å². The van der Waals surface area contributed by atoms with Gasteiger partial charge in [0.2, 0.25) is 0 Å². The van der Waals surface area contributed by atoms with Crippen LogP contribution in [0, 0.1) is 0 Å². The van der Waals surface area contributed by atoms with Crippen LogP contribution in [0.1, 0.15) is 12.8 Å². The molecule has 1 aliphatic rings. The summed E-state index contributed by atoms with van der Waals surface area (Å²) < 4.78 is 5.36. The van der Waals surface area contributed by atoms with Crippen molar-refractivity contribution in [1.82, 2.24) is 4.90 Å². The number of thiocarbonyl (C=S) groups is 1. The number of anilines is 1. The normalized spacial score (nSPS) is 16.5. The molecule has 0 atom stereocenters. The molecule has 0 bridgehead atoms. The Kier molecular flexibility index (Phi) is 4.34. The molecule has 2 rings (SSSR count). The van der Waals surface area contributed by atoms with Gasteiger partial charge >= 0.3 is 0 Å². The Bertz CT molecular complexity index is 363. The van der Waals surface area contributed by atoms with E-state index in [9.17, 15) is 0 Å². The Labute approximate surface area is 108 Å². The van der Waals surface area contributed by atoms with Crippen LogP contribution in [0.4, 0.5) is 5.69 Å². The number of rotatable bonds is 2. The van der Waals surface area contributed by atoms with Crippen molar-refractivity contribution in [3.05, 3.63) is 30.3 Å². The molecule has 3 nitrogen and oxygen atoms in total. The van der Waals surface area contributed by atoms with Crippen molar-refractivity contribution >= 4 is 23.0 Å². The van der Waals surface area contributed by atoms with Crippen LogP contribution in [-0.4, -0.2) is 36.3 Å². The van der Waals surface area contributed by atoms with Gasteiger partial charge in [0.15, 0.2) is 5.11 Å². The van der Waals surface area contributed by atoms with Crippen LogP contribution >= 0.6 is 12.2 Å². The summed E-state index contributed by atoms with van der Waals surface area (Å²) in [5.41, 5.74) is 1.04. The number of hydrogen-bond acceptors (Lipinski definition) is 2. The highest BCUT2D eigenvalue weighted by molar-refractivity contribution is 7.80. The molecule has 1 aromatic carbocycles. The molecule has 1 aromatic rings. The first kappa shape index (κ1) is 12.3. The molecule has 0 spiro atoms. The first-order valence-electron chi connectivity index (χ1n) is 5.94. The maximum Gasteiger partial charge on any atom is 0.173 e. The lowest BCUT2D eigenvalue weighted by Gasteiger charge is -2.33. The molecule has 1 aliphatic heterocycles. The third-order valence-electron chi connectivity index (χ3n) is 3.08. The molecule has 17 heavy (non-hydrogen) atoms. The molecule has 0 aliphatic carbocycles. The second-order valence-corrected chi connectivity index (χ2v) is 4.64. The van der Waals surface area contributed by atoms with Crippen molar-refractivity contribution in [2.75, 3.05) is 25.6 Å². The Balaban J connectivity index is 1.90. The van der Waals surface area contributed by atoms with Crippen LogP contribution in [0.15, 0.2) is 30.3 Å². The van der Waals surface area contributed by atoms with Crippen molar-refractivity contribution in [1.29, 1.82) is 0 Å². The third-order valence-corrected chi connectivity index (χ3v) is 3.47. The number of benzene rings is 1. The molecule has 1 N–H and O–H groups in total. The average molecular weight is 250 g/mol. The summed E-state index contributed by atoms with van der Waals surface area (Å²) in [6.07, 6.45) is 2.10. The van der Waals surface area contributed by atoms with Gasteiger partial charge in [0.25, 0.3) is 0 Å². The van der Waals surface area contributed by atoms with E-state index in [1.807, 2.05) is 37.4 Å². The Morgan fingerprint density at radius 1 is 1.29 bits per heavy atom. The smallest absolute Gasteiger partial charge is 0.173 e. The van der Waals surface area contributed by atoms with E-state index < -0.39 is 0 Å². The lowest BCUT2D eigenvalue weighted by Crippen LogP contribution is -2.42. The molecular formula is C13H18N2OS. The molecule has 1 fully saturated rings. The molecule has 4 heteroatoms. The van der Waals surface area contributed by atoms with Crippen LogP contribution in [-0.2, 0) is 4.74 Å². The minimum absolute atomic E-state index is 0.493. The number of para-hydroxylation sites is 1. The number of nitrogens with one attached hydrogen (secondary N) is 1. The molecule has 0 aromatic heterocycles. The SMILES string of the molecule is CN(C(=S)Nc1ccccc1)C1CCOCC1. The summed E-state index contributed by atoms with van der Waals surface area (Å²) in [7, 11) is 2.05. The Hall–Kier alpha value is -1.13. The number of hydrogen-bond donors (Lipinski definition) is 1. The fourth-order valence-corrected chi connectivity index (χ4v) is 2.24. The number of ether oxygens (including phenoxy) is 1. The topological polar surface area (TPSA) is 24.5 Å². The van der Waals surface area contributed by atoms with Gasteiger partial charge in [-0.2, -0.15) is 0 Å². The Morgan fingerprint density at radius 2 is 1.94 bits per heavy atom. The molecule has 0 saturated carbocycles. The largest absolute Gasteiger partial charge is 0.381 e. The first-order chi connectivity index (χ1) is 8.27. The second kappa shape index (κ2) is 5.98. The monoisotopic (exact) mass is 250 g/mol. The molecule has 1 saturated heterocycles. The van der Waals surface area contributed by atoms with E-state index in [2.05, 4.69) is 10.2 Å². The highest BCUT2D eigenvalue weighted by Crippen LogP contribution is 2.14. The van der Waals surface area contributed by atoms with Crippen LogP contribution in [0.2, 0.25) is 0 Å². The van der Waals surface area contributed by atoms with Gasteiger partial charge in [-0.25, -0.2) is 0 Å². The first-order valence-corrected chi connectivity index (χ1v) is 6.35. The number of nitrogens with zero attached hydrogens (tertiary/aromatic N) is 1. The van der Waals surface area contributed by atoms with Crippen LogP contribution in [0.25, 0.3) is 0 Å². The van der Waals surface area contributed by atoms with E-state index in [0.29, 0.717) is 6.04 Å². The molecular weight excluding hydrogens is 232 g/mol. The van der Waals surface area contributed by atoms with Crippen molar-refractivity contribution in [3.63, 3.8) is 0 Å². The van der Waals surface area contributed by atoms with Crippen LogP contribution in [0.3, 0.4) is 0 Å². The summed E-state index contributed by atoms with van der Waals surface area (Å²) in [5, 5.41) is 4.04. The quantitative estimate of drug-likeness (QED) is 0.815. The second-order valence-electron chi connectivity index (χ2n) is 4.25. The summed E-state index contributed by atoms with van der Waals surface area (Å²) >= 11 is 5.41. The van der Waals surface area contributed by atoms with E-state index in [-0.39, 0.29) is 0 Å². The molecule has 92 valence electrons. The van der Waals surface area contributed by atoms with Crippen molar-refractivity contribution in [2.24, 2.45) is 0 Å². The van der Waals surface area contributed by atoms with Crippen LogP contribution < -0.4 is 5.32 Å². The van der Waals surface area contributed by atoms with E-state index in [4.69, 9.17) is 17.0 Å². The van der Waals surface area contributed by atoms with Crippen molar-refractivity contribution < 1.29 is 4.74 Å². The van der Waals surface area contributed by atoms with Gasteiger partial charge in [0, 0.05) is 32.0 Å². The highest BCUT2D eigenvalue weighted by Gasteiger charge is 2.20. The maximum absolute atomic E-state index is 5.41. The van der Waals surface area contributed by atoms with E-state index in [1.165, 1.54) is 0 Å². The van der Waals surface area contributed by atoms with Gasteiger partial charge in [0.05, 0.1) is 0 Å². The van der Waals surface area contributed by atoms with Crippen molar-refractivity contribution in [3.8, 4) is 0 Å². The average Bonchev–Trinajstić information content (AvgIpc) is 2.40. The summed E-state index contributed by atoms with van der Waals surface area (Å²) in [5.74, 6) is 0. The van der Waals surface area contributed by atoms with Gasteiger partial charge in [0.1, 0.15) is 0 Å². The fraction of sp³-hybridized carbons (Fsp3) is 0.462. The minimum atomic E-state index is 0.493. The van der Waals surface area contributed by atoms with E-state index in [1.54, 1.807) is 0 Å². The standard InChI is InChI=1S/C13H18N2OS/c1-15(12-7-9-16-10-8-12)13(17)14-11-5-3-2-4-6-11/h2-6,12H,7-10H2,1H3,(H,14,17). The van der Waals surface area contributed by atoms with E-state index >= 15 is 0 Å². The van der Waals surface area contributed by atoms with Gasteiger partial charge in [-0.3, -0.25) is 0 Å². The molecule has 1 heterocycles. The molecule has 0 radical (unpaired) electrons. The minimum Gasteiger partial charge on any atom is -0.381 e. The fourth-order valence-electron chi connectivity index (χ4n) is 1.97. The van der Waals surface area contributed by atoms with Crippen molar-refractivity contribution in [2.45, 2.75) is 18.9 Å². The lowest BCUT2D eigenvalue weighted by molar-refractivity contribution is 0.0610.